The predicted octanol–water partition coefficient (Wildman–Crippen LogP) is 2.03. The van der Waals surface area contributed by atoms with Gasteiger partial charge in [0.25, 0.3) is 0 Å². The number of ether oxygens (including phenoxy) is 2. The Morgan fingerprint density at radius 1 is 1.30 bits per heavy atom. The molecule has 4 nitrogen and oxygen atoms in total. The van der Waals surface area contributed by atoms with E-state index in [4.69, 9.17) is 9.47 Å². The summed E-state index contributed by atoms with van der Waals surface area (Å²) >= 11 is 0. The quantitative estimate of drug-likeness (QED) is 0.788. The van der Waals surface area contributed by atoms with Gasteiger partial charge in [0, 0.05) is 25.4 Å². The summed E-state index contributed by atoms with van der Waals surface area (Å²) in [6.07, 6.45) is 3.32. The molecule has 106 valence electrons. The van der Waals surface area contributed by atoms with E-state index in [1.54, 1.807) is 0 Å². The molecule has 1 aromatic rings. The maximum Gasteiger partial charge on any atom is 0.223 e. The number of carbonyl (C=O) groups is 1. The van der Waals surface area contributed by atoms with Crippen LogP contribution in [0, 0.1) is 5.92 Å². The first-order valence-electron chi connectivity index (χ1n) is 7.05. The van der Waals surface area contributed by atoms with Crippen molar-refractivity contribution in [3.63, 3.8) is 0 Å². The lowest BCUT2D eigenvalue weighted by molar-refractivity contribution is -0.127. The number of likely N-dealkylation sites (tertiary alicyclic amines) is 1. The Labute approximate surface area is 119 Å². The second kappa shape index (κ2) is 5.57. The maximum absolute atomic E-state index is 11.8. The fraction of sp³-hybridized carbons (Fsp3) is 0.438. The molecule has 1 aromatic carbocycles. The summed E-state index contributed by atoms with van der Waals surface area (Å²) in [6.45, 7) is 6.53. The fourth-order valence-corrected chi connectivity index (χ4v) is 2.68. The average Bonchev–Trinajstić information content (AvgIpc) is 2.85. The zero-order valence-corrected chi connectivity index (χ0v) is 11.5. The van der Waals surface area contributed by atoms with E-state index in [0.717, 1.165) is 31.0 Å². The molecule has 1 fully saturated rings. The molecule has 1 atom stereocenters. The Kier molecular flexibility index (Phi) is 3.63. The second-order valence-corrected chi connectivity index (χ2v) is 5.27. The van der Waals surface area contributed by atoms with Gasteiger partial charge in [-0.05, 0) is 24.1 Å². The Morgan fingerprint density at radius 2 is 2.10 bits per heavy atom. The molecule has 0 N–H and O–H groups in total. The molecule has 20 heavy (non-hydrogen) atoms. The molecular formula is C16H19NO3. The van der Waals surface area contributed by atoms with Crippen LogP contribution in [0.15, 0.2) is 30.9 Å². The molecule has 1 amide bonds. The Morgan fingerprint density at radius 3 is 2.85 bits per heavy atom. The van der Waals surface area contributed by atoms with Crippen LogP contribution in [0.2, 0.25) is 0 Å². The average molecular weight is 273 g/mol. The molecule has 1 unspecified atom stereocenters. The number of rotatable bonds is 4. The van der Waals surface area contributed by atoms with E-state index in [-0.39, 0.29) is 5.91 Å². The smallest absolute Gasteiger partial charge is 0.223 e. The van der Waals surface area contributed by atoms with Crippen LogP contribution in [0.3, 0.4) is 0 Å². The number of benzene rings is 1. The third kappa shape index (κ3) is 2.64. The summed E-state index contributed by atoms with van der Waals surface area (Å²) in [5, 5.41) is 0. The number of carbonyl (C=O) groups excluding carboxylic acids is 1. The molecule has 0 bridgehead atoms. The SMILES string of the molecule is C=CC1CC(=O)N(CCc2ccc3c(c2)OCCO3)C1. The molecule has 0 aromatic heterocycles. The minimum atomic E-state index is 0.229. The van der Waals surface area contributed by atoms with E-state index in [1.807, 2.05) is 29.2 Å². The summed E-state index contributed by atoms with van der Waals surface area (Å²) in [4.78, 5) is 13.8. The fourth-order valence-electron chi connectivity index (χ4n) is 2.68. The van der Waals surface area contributed by atoms with Crippen LogP contribution in [0.25, 0.3) is 0 Å². The molecule has 0 spiro atoms. The van der Waals surface area contributed by atoms with Gasteiger partial charge in [-0.2, -0.15) is 0 Å². The van der Waals surface area contributed by atoms with Gasteiger partial charge in [-0.25, -0.2) is 0 Å². The highest BCUT2D eigenvalue weighted by Gasteiger charge is 2.27. The van der Waals surface area contributed by atoms with Crippen molar-refractivity contribution in [2.75, 3.05) is 26.3 Å². The minimum absolute atomic E-state index is 0.229. The molecule has 1 saturated heterocycles. The molecular weight excluding hydrogens is 254 g/mol. The van der Waals surface area contributed by atoms with Gasteiger partial charge in [0.1, 0.15) is 13.2 Å². The lowest BCUT2D eigenvalue weighted by Crippen LogP contribution is -2.27. The van der Waals surface area contributed by atoms with Crippen LogP contribution in [-0.2, 0) is 11.2 Å². The molecule has 4 heteroatoms. The van der Waals surface area contributed by atoms with Crippen molar-refractivity contribution >= 4 is 5.91 Å². The third-order valence-corrected chi connectivity index (χ3v) is 3.85. The number of fused-ring (bicyclic) bond motifs is 1. The first-order valence-corrected chi connectivity index (χ1v) is 7.05. The van der Waals surface area contributed by atoms with Crippen molar-refractivity contribution < 1.29 is 14.3 Å². The summed E-state index contributed by atoms with van der Waals surface area (Å²) < 4.78 is 11.1. The van der Waals surface area contributed by atoms with Crippen molar-refractivity contribution in [1.29, 1.82) is 0 Å². The van der Waals surface area contributed by atoms with E-state index in [9.17, 15) is 4.79 Å². The van der Waals surface area contributed by atoms with E-state index in [2.05, 4.69) is 6.58 Å². The van der Waals surface area contributed by atoms with Crippen molar-refractivity contribution in [2.45, 2.75) is 12.8 Å². The zero-order valence-electron chi connectivity index (χ0n) is 11.5. The molecule has 2 heterocycles. The van der Waals surface area contributed by atoms with Gasteiger partial charge in [-0.1, -0.05) is 12.1 Å². The van der Waals surface area contributed by atoms with Gasteiger partial charge >= 0.3 is 0 Å². The minimum Gasteiger partial charge on any atom is -0.486 e. The number of hydrogen-bond acceptors (Lipinski definition) is 3. The summed E-state index contributed by atoms with van der Waals surface area (Å²) in [5.74, 6) is 2.16. The van der Waals surface area contributed by atoms with Crippen LogP contribution in [0.5, 0.6) is 11.5 Å². The zero-order chi connectivity index (χ0) is 13.9. The van der Waals surface area contributed by atoms with Crippen molar-refractivity contribution in [1.82, 2.24) is 4.90 Å². The van der Waals surface area contributed by atoms with Crippen LogP contribution in [-0.4, -0.2) is 37.1 Å². The first-order chi connectivity index (χ1) is 9.76. The van der Waals surface area contributed by atoms with Gasteiger partial charge < -0.3 is 14.4 Å². The normalized spacial score (nSPS) is 21.1. The van der Waals surface area contributed by atoms with Crippen molar-refractivity contribution in [2.24, 2.45) is 5.92 Å². The highest BCUT2D eigenvalue weighted by molar-refractivity contribution is 5.79. The Bertz CT molecular complexity index is 526. The van der Waals surface area contributed by atoms with Gasteiger partial charge in [0.05, 0.1) is 0 Å². The number of hydrogen-bond donors (Lipinski definition) is 0. The van der Waals surface area contributed by atoms with Gasteiger partial charge in [-0.3, -0.25) is 4.79 Å². The van der Waals surface area contributed by atoms with Crippen LogP contribution >= 0.6 is 0 Å². The second-order valence-electron chi connectivity index (χ2n) is 5.27. The highest BCUT2D eigenvalue weighted by atomic mass is 16.6. The Balaban J connectivity index is 1.61. The number of nitrogens with zero attached hydrogens (tertiary/aromatic N) is 1. The predicted molar refractivity (Wildman–Crippen MR) is 76.0 cm³/mol. The Hall–Kier alpha value is -1.97. The molecule has 0 saturated carbocycles. The molecule has 0 radical (unpaired) electrons. The van der Waals surface area contributed by atoms with E-state index in [1.165, 1.54) is 5.56 Å². The van der Waals surface area contributed by atoms with Crippen LogP contribution in [0.1, 0.15) is 12.0 Å². The van der Waals surface area contributed by atoms with Crippen molar-refractivity contribution in [3.05, 3.63) is 36.4 Å². The molecule has 2 aliphatic heterocycles. The lowest BCUT2D eigenvalue weighted by Gasteiger charge is -2.20. The van der Waals surface area contributed by atoms with Gasteiger partial charge in [0.2, 0.25) is 5.91 Å². The maximum atomic E-state index is 11.8. The summed E-state index contributed by atoms with van der Waals surface area (Å²) in [5.41, 5.74) is 1.17. The lowest BCUT2D eigenvalue weighted by atomic mass is 10.1. The van der Waals surface area contributed by atoms with Crippen LogP contribution in [0.4, 0.5) is 0 Å². The standard InChI is InChI=1S/C16H19NO3/c1-2-12-10-16(18)17(11-12)6-5-13-3-4-14-15(9-13)20-8-7-19-14/h2-4,9,12H,1,5-8,10-11H2. The molecule has 3 rings (SSSR count). The topological polar surface area (TPSA) is 38.8 Å². The first kappa shape index (κ1) is 13.0. The summed E-state index contributed by atoms with van der Waals surface area (Å²) in [6, 6.07) is 6.00. The van der Waals surface area contributed by atoms with E-state index < -0.39 is 0 Å². The highest BCUT2D eigenvalue weighted by Crippen LogP contribution is 2.31. The van der Waals surface area contributed by atoms with E-state index in [0.29, 0.717) is 25.6 Å². The largest absolute Gasteiger partial charge is 0.486 e. The van der Waals surface area contributed by atoms with Crippen LogP contribution < -0.4 is 9.47 Å². The number of amides is 1. The monoisotopic (exact) mass is 273 g/mol. The molecule has 0 aliphatic carbocycles. The van der Waals surface area contributed by atoms with E-state index >= 15 is 0 Å². The van der Waals surface area contributed by atoms with Crippen molar-refractivity contribution in [3.8, 4) is 11.5 Å². The van der Waals surface area contributed by atoms with Gasteiger partial charge in [0.15, 0.2) is 11.5 Å². The molecule has 2 aliphatic rings. The van der Waals surface area contributed by atoms with Gasteiger partial charge in [-0.15, -0.1) is 6.58 Å². The third-order valence-electron chi connectivity index (χ3n) is 3.85. The summed E-state index contributed by atoms with van der Waals surface area (Å²) in [7, 11) is 0.